The van der Waals surface area contributed by atoms with Crippen LogP contribution in [0, 0.1) is 6.92 Å². The van der Waals surface area contributed by atoms with E-state index in [0.29, 0.717) is 19.5 Å². The first kappa shape index (κ1) is 24.8. The molecule has 1 fully saturated rings. The number of hydrogen-bond donors (Lipinski definition) is 1. The van der Waals surface area contributed by atoms with Gasteiger partial charge in [-0.05, 0) is 37.6 Å². The number of carbonyl (C=O) groups excluding carboxylic acids is 2. The third kappa shape index (κ3) is 5.76. The summed E-state index contributed by atoms with van der Waals surface area (Å²) in [7, 11) is -2.27. The molecule has 33 heavy (non-hydrogen) atoms. The third-order valence-electron chi connectivity index (χ3n) is 5.24. The lowest BCUT2D eigenvalue weighted by Gasteiger charge is -2.22. The van der Waals surface area contributed by atoms with E-state index < -0.39 is 15.9 Å². The molecule has 0 aliphatic carbocycles. The summed E-state index contributed by atoms with van der Waals surface area (Å²) in [5, 5.41) is 0.0948. The van der Waals surface area contributed by atoms with Crippen LogP contribution in [0.2, 0.25) is 5.02 Å². The number of amides is 2. The van der Waals surface area contributed by atoms with Gasteiger partial charge in [0.05, 0.1) is 17.0 Å². The maximum atomic E-state index is 13.1. The number of nitrogens with two attached hydrogens (primary N) is 1. The molecule has 0 saturated carbocycles. The number of benzene rings is 2. The Morgan fingerprint density at radius 2 is 1.79 bits per heavy atom. The second kappa shape index (κ2) is 10.4. The van der Waals surface area contributed by atoms with Gasteiger partial charge in [-0.25, -0.2) is 8.42 Å². The van der Waals surface area contributed by atoms with Gasteiger partial charge >= 0.3 is 0 Å². The van der Waals surface area contributed by atoms with E-state index in [1.165, 1.54) is 23.5 Å². The molecule has 1 aliphatic heterocycles. The van der Waals surface area contributed by atoms with E-state index in [-0.39, 0.29) is 52.6 Å². The van der Waals surface area contributed by atoms with Gasteiger partial charge in [-0.1, -0.05) is 29.3 Å². The van der Waals surface area contributed by atoms with Crippen LogP contribution in [0.1, 0.15) is 22.3 Å². The fourth-order valence-corrected chi connectivity index (χ4v) is 5.24. The Labute approximate surface area is 198 Å². The van der Waals surface area contributed by atoms with E-state index in [4.69, 9.17) is 26.8 Å². The Morgan fingerprint density at radius 3 is 2.42 bits per heavy atom. The number of ether oxygens (including phenoxy) is 2. The molecular weight excluding hydrogens is 470 g/mol. The Hall–Kier alpha value is -2.82. The fourth-order valence-electron chi connectivity index (χ4n) is 3.51. The van der Waals surface area contributed by atoms with Gasteiger partial charge in [-0.2, -0.15) is 4.31 Å². The molecule has 2 aromatic carbocycles. The van der Waals surface area contributed by atoms with Crippen molar-refractivity contribution in [2.24, 2.45) is 5.73 Å². The molecular formula is C22H26ClN3O6S. The van der Waals surface area contributed by atoms with Gasteiger partial charge in [0, 0.05) is 31.7 Å². The molecule has 2 amide bonds. The fraction of sp³-hybridized carbons (Fsp3) is 0.364. The van der Waals surface area contributed by atoms with Crippen LogP contribution in [-0.4, -0.2) is 69.3 Å². The molecule has 178 valence electrons. The van der Waals surface area contributed by atoms with Crippen LogP contribution < -0.4 is 15.2 Å². The summed E-state index contributed by atoms with van der Waals surface area (Å²) in [6.07, 6.45) is 0.488. The van der Waals surface area contributed by atoms with E-state index >= 15 is 0 Å². The average molecular weight is 496 g/mol. The molecule has 1 aliphatic rings. The SMILES string of the molecule is COc1cc(C(=O)N2CCCN(S(=O)(=O)c3ccc(C)cc3)CC2)cc(Cl)c1OCC(N)=O. The highest BCUT2D eigenvalue weighted by molar-refractivity contribution is 7.89. The van der Waals surface area contributed by atoms with Crippen LogP contribution >= 0.6 is 11.6 Å². The Bertz CT molecular complexity index is 1140. The number of rotatable bonds is 7. The van der Waals surface area contributed by atoms with Gasteiger partial charge in [0.2, 0.25) is 10.0 Å². The van der Waals surface area contributed by atoms with Crippen molar-refractivity contribution in [3.63, 3.8) is 0 Å². The van der Waals surface area contributed by atoms with E-state index in [1.54, 1.807) is 29.2 Å². The number of aryl methyl sites for hydroxylation is 1. The molecule has 0 aromatic heterocycles. The summed E-state index contributed by atoms with van der Waals surface area (Å²) in [6.45, 7) is 2.60. The standard InChI is InChI=1S/C22H26ClN3O6S/c1-15-4-6-17(7-5-15)33(29,30)26-9-3-8-25(10-11-26)22(28)16-12-18(23)21(19(13-16)31-2)32-14-20(24)27/h4-7,12-13H,3,8-11,14H2,1-2H3,(H2,24,27). The number of hydrogen-bond acceptors (Lipinski definition) is 6. The first-order chi connectivity index (χ1) is 15.6. The molecule has 1 saturated heterocycles. The average Bonchev–Trinajstić information content (AvgIpc) is 3.04. The van der Waals surface area contributed by atoms with Gasteiger partial charge in [0.25, 0.3) is 11.8 Å². The first-order valence-corrected chi connectivity index (χ1v) is 12.1. The zero-order valence-electron chi connectivity index (χ0n) is 18.4. The maximum Gasteiger partial charge on any atom is 0.255 e. The minimum atomic E-state index is -3.65. The number of primary amides is 1. The van der Waals surface area contributed by atoms with Gasteiger partial charge in [-0.15, -0.1) is 0 Å². The highest BCUT2D eigenvalue weighted by Crippen LogP contribution is 2.36. The lowest BCUT2D eigenvalue weighted by Crippen LogP contribution is -2.37. The Kier molecular flexibility index (Phi) is 7.83. The predicted molar refractivity (Wildman–Crippen MR) is 123 cm³/mol. The topological polar surface area (TPSA) is 119 Å². The number of methoxy groups -OCH3 is 1. The molecule has 3 rings (SSSR count). The minimum Gasteiger partial charge on any atom is -0.493 e. The summed E-state index contributed by atoms with van der Waals surface area (Å²) in [6, 6.07) is 9.59. The van der Waals surface area contributed by atoms with Crippen molar-refractivity contribution >= 4 is 33.4 Å². The number of carbonyl (C=O) groups is 2. The van der Waals surface area contributed by atoms with E-state index in [2.05, 4.69) is 0 Å². The zero-order valence-corrected chi connectivity index (χ0v) is 20.0. The third-order valence-corrected chi connectivity index (χ3v) is 7.43. The molecule has 11 heteroatoms. The van der Waals surface area contributed by atoms with Crippen LogP contribution in [-0.2, 0) is 14.8 Å². The molecule has 0 bridgehead atoms. The van der Waals surface area contributed by atoms with Crippen LogP contribution in [0.25, 0.3) is 0 Å². The Balaban J connectivity index is 1.76. The summed E-state index contributed by atoms with van der Waals surface area (Å²) in [4.78, 5) is 26.0. The highest BCUT2D eigenvalue weighted by Gasteiger charge is 2.29. The predicted octanol–water partition coefficient (Wildman–Crippen LogP) is 2.06. The molecule has 0 spiro atoms. The van der Waals surface area contributed by atoms with Crippen LogP contribution in [0.3, 0.4) is 0 Å². The lowest BCUT2D eigenvalue weighted by molar-refractivity contribution is -0.119. The van der Waals surface area contributed by atoms with Crippen LogP contribution in [0.5, 0.6) is 11.5 Å². The molecule has 2 N–H and O–H groups in total. The molecule has 1 heterocycles. The second-order valence-corrected chi connectivity index (χ2v) is 9.95. The van der Waals surface area contributed by atoms with Gasteiger partial charge in [-0.3, -0.25) is 9.59 Å². The van der Waals surface area contributed by atoms with Gasteiger partial charge in [0.1, 0.15) is 0 Å². The van der Waals surface area contributed by atoms with E-state index in [9.17, 15) is 18.0 Å². The van der Waals surface area contributed by atoms with Crippen molar-refractivity contribution in [1.29, 1.82) is 0 Å². The van der Waals surface area contributed by atoms with Crippen molar-refractivity contribution in [2.45, 2.75) is 18.2 Å². The van der Waals surface area contributed by atoms with E-state index in [0.717, 1.165) is 5.56 Å². The van der Waals surface area contributed by atoms with Crippen molar-refractivity contribution in [3.05, 3.63) is 52.5 Å². The molecule has 0 radical (unpaired) electrons. The smallest absolute Gasteiger partial charge is 0.255 e. The van der Waals surface area contributed by atoms with Crippen LogP contribution in [0.4, 0.5) is 0 Å². The maximum absolute atomic E-state index is 13.1. The molecule has 0 atom stereocenters. The lowest BCUT2D eigenvalue weighted by atomic mass is 10.1. The van der Waals surface area contributed by atoms with Crippen molar-refractivity contribution in [1.82, 2.24) is 9.21 Å². The summed E-state index contributed by atoms with van der Waals surface area (Å²) >= 11 is 6.26. The molecule has 9 nitrogen and oxygen atoms in total. The summed E-state index contributed by atoms with van der Waals surface area (Å²) in [5.74, 6) is -0.694. The normalized spacial score (nSPS) is 15.1. The second-order valence-electron chi connectivity index (χ2n) is 7.61. The van der Waals surface area contributed by atoms with Gasteiger partial charge in [0.15, 0.2) is 18.1 Å². The summed E-state index contributed by atoms with van der Waals surface area (Å²) < 4.78 is 38.0. The van der Waals surface area contributed by atoms with Gasteiger partial charge < -0.3 is 20.1 Å². The largest absolute Gasteiger partial charge is 0.493 e. The van der Waals surface area contributed by atoms with Crippen molar-refractivity contribution < 1.29 is 27.5 Å². The first-order valence-electron chi connectivity index (χ1n) is 10.3. The highest BCUT2D eigenvalue weighted by atomic mass is 35.5. The van der Waals surface area contributed by atoms with E-state index in [1.807, 2.05) is 6.92 Å². The summed E-state index contributed by atoms with van der Waals surface area (Å²) in [5.41, 5.74) is 6.34. The molecule has 2 aromatic rings. The monoisotopic (exact) mass is 495 g/mol. The quantitative estimate of drug-likeness (QED) is 0.628. The Morgan fingerprint density at radius 1 is 1.09 bits per heavy atom. The van der Waals surface area contributed by atoms with Crippen molar-refractivity contribution in [3.8, 4) is 11.5 Å². The number of sulfonamides is 1. The number of halogens is 1. The zero-order chi connectivity index (χ0) is 24.2. The van der Waals surface area contributed by atoms with Crippen LogP contribution in [0.15, 0.2) is 41.3 Å². The van der Waals surface area contributed by atoms with Crippen molar-refractivity contribution in [2.75, 3.05) is 39.9 Å². The minimum absolute atomic E-state index is 0.0948. The molecule has 0 unspecified atom stereocenters. The number of nitrogens with zero attached hydrogens (tertiary/aromatic N) is 2.